The summed E-state index contributed by atoms with van der Waals surface area (Å²) in [5, 5.41) is 4.57. The van der Waals surface area contributed by atoms with E-state index in [1.807, 2.05) is 6.20 Å². The number of hydrogen-bond donors (Lipinski definition) is 1. The normalized spacial score (nSPS) is 22.5. The van der Waals surface area contributed by atoms with E-state index < -0.39 is 0 Å². The second-order valence-corrected chi connectivity index (χ2v) is 7.81. The molecule has 152 valence electrons. The largest absolute Gasteiger partial charge is 0.378 e. The van der Waals surface area contributed by atoms with E-state index in [0.717, 1.165) is 67.5 Å². The van der Waals surface area contributed by atoms with Crippen LogP contribution < -0.4 is 10.2 Å². The van der Waals surface area contributed by atoms with E-state index in [2.05, 4.69) is 52.2 Å². The molecule has 0 spiro atoms. The van der Waals surface area contributed by atoms with Crippen LogP contribution in [0.25, 0.3) is 22.3 Å². The molecule has 0 unspecified atom stereocenters. The molecule has 4 heterocycles. The van der Waals surface area contributed by atoms with Crippen molar-refractivity contribution in [3.8, 4) is 11.4 Å². The number of hydrogen-bond acceptors (Lipinski definition) is 6. The number of anilines is 1. The summed E-state index contributed by atoms with van der Waals surface area (Å²) in [5.41, 5.74) is 3.30. The number of rotatable bonds is 4. The predicted octanol–water partition coefficient (Wildman–Crippen LogP) is 2.40. The lowest BCUT2D eigenvalue weighted by atomic mass is 10.1. The third kappa shape index (κ3) is 3.39. The summed E-state index contributed by atoms with van der Waals surface area (Å²) < 4.78 is 13.5. The standard InChI is InChI=1S/C22H27N5O2/c1-15-3-4-16-12-17(22(25-18(16)11-15)26-7-9-29-10-8-26)21-24-5-6-27(21)19-13-23-14-20(19)28-2/h3-6,11-12,19-20,23H,7-10,13-14H2,1-2H3/t19-,20-/m0/s1. The Morgan fingerprint density at radius 1 is 1.17 bits per heavy atom. The molecular weight excluding hydrogens is 366 g/mol. The number of nitrogens with one attached hydrogen (secondary N) is 1. The fraction of sp³-hybridized carbons (Fsp3) is 0.455. The van der Waals surface area contributed by atoms with E-state index in [0.29, 0.717) is 0 Å². The topological polar surface area (TPSA) is 64.4 Å². The molecule has 29 heavy (non-hydrogen) atoms. The summed E-state index contributed by atoms with van der Waals surface area (Å²) in [6, 6.07) is 8.87. The van der Waals surface area contributed by atoms with Gasteiger partial charge in [-0.25, -0.2) is 9.97 Å². The van der Waals surface area contributed by atoms with Gasteiger partial charge in [0.2, 0.25) is 0 Å². The molecule has 2 aromatic heterocycles. The fourth-order valence-electron chi connectivity index (χ4n) is 4.40. The molecule has 7 nitrogen and oxygen atoms in total. The maximum absolute atomic E-state index is 5.71. The Kier molecular flexibility index (Phi) is 4.95. The highest BCUT2D eigenvalue weighted by molar-refractivity contribution is 5.88. The van der Waals surface area contributed by atoms with E-state index in [-0.39, 0.29) is 12.1 Å². The van der Waals surface area contributed by atoms with E-state index in [1.54, 1.807) is 7.11 Å². The molecule has 2 fully saturated rings. The molecule has 7 heteroatoms. The summed E-state index contributed by atoms with van der Waals surface area (Å²) in [6.45, 7) is 6.94. The summed E-state index contributed by atoms with van der Waals surface area (Å²) in [4.78, 5) is 12.2. The van der Waals surface area contributed by atoms with E-state index in [4.69, 9.17) is 19.4 Å². The first kappa shape index (κ1) is 18.5. The van der Waals surface area contributed by atoms with Crippen LogP contribution in [0.3, 0.4) is 0 Å². The Labute approximate surface area is 170 Å². The Bertz CT molecular complexity index is 1010. The molecule has 2 aliphatic heterocycles. The molecule has 0 amide bonds. The molecule has 1 N–H and O–H groups in total. The minimum atomic E-state index is 0.130. The van der Waals surface area contributed by atoms with Gasteiger partial charge in [0.15, 0.2) is 0 Å². The van der Waals surface area contributed by atoms with Crippen LogP contribution in [-0.4, -0.2) is 67.1 Å². The van der Waals surface area contributed by atoms with Gasteiger partial charge in [-0.2, -0.15) is 0 Å². The van der Waals surface area contributed by atoms with Crippen LogP contribution in [0.2, 0.25) is 0 Å². The zero-order valence-corrected chi connectivity index (χ0v) is 17.0. The molecule has 2 aliphatic rings. The minimum absolute atomic E-state index is 0.130. The first-order chi connectivity index (χ1) is 14.2. The Balaban J connectivity index is 1.66. The van der Waals surface area contributed by atoms with Crippen molar-refractivity contribution < 1.29 is 9.47 Å². The number of ether oxygens (including phenoxy) is 2. The van der Waals surface area contributed by atoms with Crippen LogP contribution in [0, 0.1) is 6.92 Å². The Hall–Kier alpha value is -2.48. The fourth-order valence-corrected chi connectivity index (χ4v) is 4.40. The number of aryl methyl sites for hydroxylation is 1. The average molecular weight is 393 g/mol. The summed E-state index contributed by atoms with van der Waals surface area (Å²) >= 11 is 0. The van der Waals surface area contributed by atoms with Gasteiger partial charge < -0.3 is 24.3 Å². The zero-order chi connectivity index (χ0) is 19.8. The van der Waals surface area contributed by atoms with Crippen molar-refractivity contribution >= 4 is 16.7 Å². The summed E-state index contributed by atoms with van der Waals surface area (Å²) in [7, 11) is 1.78. The number of imidazole rings is 1. The van der Waals surface area contributed by atoms with Gasteiger partial charge >= 0.3 is 0 Å². The van der Waals surface area contributed by atoms with Crippen molar-refractivity contribution in [2.45, 2.75) is 19.1 Å². The van der Waals surface area contributed by atoms with Crippen molar-refractivity contribution in [1.82, 2.24) is 19.9 Å². The van der Waals surface area contributed by atoms with E-state index >= 15 is 0 Å². The lowest BCUT2D eigenvalue weighted by Crippen LogP contribution is -2.37. The number of fused-ring (bicyclic) bond motifs is 1. The van der Waals surface area contributed by atoms with Gasteiger partial charge in [-0.1, -0.05) is 12.1 Å². The monoisotopic (exact) mass is 393 g/mol. The molecule has 0 aliphatic carbocycles. The van der Waals surface area contributed by atoms with Crippen LogP contribution in [0.1, 0.15) is 11.6 Å². The maximum Gasteiger partial charge on any atom is 0.144 e. The van der Waals surface area contributed by atoms with Crippen LogP contribution >= 0.6 is 0 Å². The van der Waals surface area contributed by atoms with Gasteiger partial charge in [0.1, 0.15) is 11.6 Å². The van der Waals surface area contributed by atoms with Crippen molar-refractivity contribution in [2.24, 2.45) is 0 Å². The first-order valence-electron chi connectivity index (χ1n) is 10.3. The third-order valence-corrected chi connectivity index (χ3v) is 5.96. The third-order valence-electron chi connectivity index (χ3n) is 5.96. The van der Waals surface area contributed by atoms with Crippen molar-refractivity contribution in [3.05, 3.63) is 42.2 Å². The Morgan fingerprint density at radius 2 is 2.03 bits per heavy atom. The summed E-state index contributed by atoms with van der Waals surface area (Å²) in [5.74, 6) is 1.93. The Morgan fingerprint density at radius 3 is 2.86 bits per heavy atom. The maximum atomic E-state index is 5.71. The molecule has 2 atom stereocenters. The molecule has 1 aromatic carbocycles. The molecular formula is C22H27N5O2. The number of nitrogens with zero attached hydrogens (tertiary/aromatic N) is 4. The van der Waals surface area contributed by atoms with Crippen LogP contribution in [0.5, 0.6) is 0 Å². The van der Waals surface area contributed by atoms with Crippen LogP contribution in [0.4, 0.5) is 5.82 Å². The molecule has 0 bridgehead atoms. The second-order valence-electron chi connectivity index (χ2n) is 7.81. The molecule has 2 saturated heterocycles. The highest BCUT2D eigenvalue weighted by atomic mass is 16.5. The number of pyridine rings is 1. The highest BCUT2D eigenvalue weighted by Crippen LogP contribution is 2.34. The predicted molar refractivity (Wildman–Crippen MR) is 113 cm³/mol. The van der Waals surface area contributed by atoms with E-state index in [1.165, 1.54) is 5.56 Å². The average Bonchev–Trinajstić information content (AvgIpc) is 3.42. The van der Waals surface area contributed by atoms with Crippen molar-refractivity contribution in [3.63, 3.8) is 0 Å². The zero-order valence-electron chi connectivity index (χ0n) is 17.0. The number of benzene rings is 1. The van der Waals surface area contributed by atoms with Gasteiger partial charge in [-0.3, -0.25) is 0 Å². The minimum Gasteiger partial charge on any atom is -0.378 e. The van der Waals surface area contributed by atoms with Gasteiger partial charge in [0.25, 0.3) is 0 Å². The molecule has 5 rings (SSSR count). The van der Waals surface area contributed by atoms with Crippen molar-refractivity contribution in [1.29, 1.82) is 0 Å². The van der Waals surface area contributed by atoms with Gasteiger partial charge in [-0.15, -0.1) is 0 Å². The highest BCUT2D eigenvalue weighted by Gasteiger charge is 2.31. The first-order valence-corrected chi connectivity index (χ1v) is 10.3. The summed E-state index contributed by atoms with van der Waals surface area (Å²) in [6.07, 6.45) is 4.07. The number of methoxy groups -OCH3 is 1. The quantitative estimate of drug-likeness (QED) is 0.734. The van der Waals surface area contributed by atoms with Gasteiger partial charge in [-0.05, 0) is 24.6 Å². The second kappa shape index (κ2) is 7.74. The SMILES string of the molecule is CO[C@H]1CNC[C@@H]1n1ccnc1-c1cc2ccc(C)cc2nc1N1CCOCC1. The van der Waals surface area contributed by atoms with Crippen LogP contribution in [0.15, 0.2) is 36.7 Å². The lowest BCUT2D eigenvalue weighted by Gasteiger charge is -2.30. The lowest BCUT2D eigenvalue weighted by molar-refractivity contribution is 0.0871. The van der Waals surface area contributed by atoms with Gasteiger partial charge in [0.05, 0.1) is 36.4 Å². The van der Waals surface area contributed by atoms with Crippen molar-refractivity contribution in [2.75, 3.05) is 51.4 Å². The van der Waals surface area contributed by atoms with Gasteiger partial charge in [0, 0.05) is 51.1 Å². The molecule has 0 radical (unpaired) electrons. The molecule has 3 aromatic rings. The smallest absolute Gasteiger partial charge is 0.144 e. The van der Waals surface area contributed by atoms with E-state index in [9.17, 15) is 0 Å². The number of aromatic nitrogens is 3. The molecule has 0 saturated carbocycles. The van der Waals surface area contributed by atoms with Crippen LogP contribution in [-0.2, 0) is 9.47 Å². The number of morpholine rings is 1.